The van der Waals surface area contributed by atoms with E-state index in [0.717, 1.165) is 44.7 Å². The number of pyridine rings is 2. The number of hydrogen-bond donors (Lipinski definition) is 0. The number of hydrogen-bond acceptors (Lipinski definition) is 2. The number of aromatic nitrogens is 2. The molecule has 0 saturated heterocycles. The first-order chi connectivity index (χ1) is 17.1. The fraction of sp³-hybridized carbons (Fsp3) is 0.0909. The third-order valence-electron chi connectivity index (χ3n) is 6.80. The van der Waals surface area contributed by atoms with Crippen LogP contribution in [0.5, 0.6) is 0 Å². The molecule has 0 aliphatic carbocycles. The van der Waals surface area contributed by atoms with Crippen molar-refractivity contribution in [1.29, 1.82) is 0 Å². The molecule has 0 spiro atoms. The summed E-state index contributed by atoms with van der Waals surface area (Å²) in [6.07, 6.45) is 0. The van der Waals surface area contributed by atoms with Gasteiger partial charge in [0.15, 0.2) is 0 Å². The summed E-state index contributed by atoms with van der Waals surface area (Å²) in [7, 11) is 0. The predicted molar refractivity (Wildman–Crippen MR) is 146 cm³/mol. The molecule has 4 aromatic carbocycles. The molecule has 0 aliphatic rings. The summed E-state index contributed by atoms with van der Waals surface area (Å²) in [6, 6.07) is 42.3. The van der Waals surface area contributed by atoms with Gasteiger partial charge in [0.05, 0.1) is 28.2 Å². The van der Waals surface area contributed by atoms with E-state index >= 15 is 0 Å². The van der Waals surface area contributed by atoms with Gasteiger partial charge in [-0.2, -0.15) is 0 Å². The highest BCUT2D eigenvalue weighted by atomic mass is 14.8. The van der Waals surface area contributed by atoms with Crippen molar-refractivity contribution in [3.05, 3.63) is 133 Å². The highest BCUT2D eigenvalue weighted by Gasteiger charge is 2.31. The first kappa shape index (κ1) is 21.2. The summed E-state index contributed by atoms with van der Waals surface area (Å²) in [5.41, 5.74) is 5.84. The SMILES string of the molecule is CC(C)(c1nc(-c2ccccc2)cc2ccccc12)c1nc(-c2ccccc2)cc2ccccc12. The maximum Gasteiger partial charge on any atom is 0.0712 e. The Morgan fingerprint density at radius 1 is 0.457 bits per heavy atom. The van der Waals surface area contributed by atoms with Crippen molar-refractivity contribution in [2.24, 2.45) is 0 Å². The molecule has 168 valence electrons. The molecule has 2 aromatic heterocycles. The third kappa shape index (κ3) is 3.77. The first-order valence-corrected chi connectivity index (χ1v) is 12.0. The molecule has 0 N–H and O–H groups in total. The minimum Gasteiger partial charge on any atom is -0.251 e. The smallest absolute Gasteiger partial charge is 0.0712 e. The van der Waals surface area contributed by atoms with E-state index in [-0.39, 0.29) is 0 Å². The minimum atomic E-state index is -0.436. The quantitative estimate of drug-likeness (QED) is 0.269. The van der Waals surface area contributed by atoms with Crippen molar-refractivity contribution < 1.29 is 0 Å². The molecule has 0 fully saturated rings. The van der Waals surface area contributed by atoms with Crippen molar-refractivity contribution in [3.63, 3.8) is 0 Å². The summed E-state index contributed by atoms with van der Waals surface area (Å²) in [6.45, 7) is 4.50. The third-order valence-corrected chi connectivity index (χ3v) is 6.80. The van der Waals surface area contributed by atoms with E-state index in [1.807, 2.05) is 12.1 Å². The molecule has 2 heterocycles. The van der Waals surface area contributed by atoms with Gasteiger partial charge in [-0.05, 0) is 36.8 Å². The Balaban J connectivity index is 1.64. The molecule has 0 amide bonds. The Hall–Kier alpha value is -4.30. The second kappa shape index (κ2) is 8.48. The van der Waals surface area contributed by atoms with Gasteiger partial charge in [0.1, 0.15) is 0 Å². The lowest BCUT2D eigenvalue weighted by Crippen LogP contribution is -2.23. The van der Waals surface area contributed by atoms with Crippen molar-refractivity contribution in [3.8, 4) is 22.5 Å². The summed E-state index contributed by atoms with van der Waals surface area (Å²) < 4.78 is 0. The van der Waals surface area contributed by atoms with Crippen molar-refractivity contribution >= 4 is 21.5 Å². The Bertz CT molecular complexity index is 1530. The van der Waals surface area contributed by atoms with Gasteiger partial charge < -0.3 is 0 Å². The maximum absolute atomic E-state index is 5.29. The van der Waals surface area contributed by atoms with Crippen LogP contribution in [0.3, 0.4) is 0 Å². The summed E-state index contributed by atoms with van der Waals surface area (Å²) in [4.78, 5) is 10.6. The zero-order chi connectivity index (χ0) is 23.8. The zero-order valence-corrected chi connectivity index (χ0v) is 19.9. The Morgan fingerprint density at radius 3 is 1.26 bits per heavy atom. The Kier molecular flexibility index (Phi) is 5.15. The van der Waals surface area contributed by atoms with Crippen LogP contribution in [0, 0.1) is 0 Å². The summed E-state index contributed by atoms with van der Waals surface area (Å²) in [5, 5.41) is 4.70. The van der Waals surface area contributed by atoms with Gasteiger partial charge >= 0.3 is 0 Å². The van der Waals surface area contributed by atoms with Crippen LogP contribution in [-0.4, -0.2) is 9.97 Å². The van der Waals surface area contributed by atoms with E-state index in [1.165, 1.54) is 10.8 Å². The largest absolute Gasteiger partial charge is 0.251 e. The lowest BCUT2D eigenvalue weighted by molar-refractivity contribution is 0.610. The van der Waals surface area contributed by atoms with Gasteiger partial charge in [-0.3, -0.25) is 9.97 Å². The summed E-state index contributed by atoms with van der Waals surface area (Å²) in [5.74, 6) is 0. The molecule has 35 heavy (non-hydrogen) atoms. The van der Waals surface area contributed by atoms with Gasteiger partial charge in [-0.1, -0.05) is 109 Å². The Morgan fingerprint density at radius 2 is 0.829 bits per heavy atom. The average Bonchev–Trinajstić information content (AvgIpc) is 2.92. The van der Waals surface area contributed by atoms with Gasteiger partial charge in [-0.15, -0.1) is 0 Å². The van der Waals surface area contributed by atoms with E-state index in [1.54, 1.807) is 0 Å². The van der Waals surface area contributed by atoms with E-state index in [9.17, 15) is 0 Å². The number of benzene rings is 4. The second-order valence-electron chi connectivity index (χ2n) is 9.51. The average molecular weight is 451 g/mol. The predicted octanol–water partition coefficient (Wildman–Crippen LogP) is 8.44. The molecule has 0 saturated carbocycles. The van der Waals surface area contributed by atoms with Crippen molar-refractivity contribution in [2.45, 2.75) is 19.3 Å². The van der Waals surface area contributed by atoms with Crippen LogP contribution in [0.2, 0.25) is 0 Å². The van der Waals surface area contributed by atoms with E-state index in [4.69, 9.17) is 9.97 Å². The number of fused-ring (bicyclic) bond motifs is 2. The molecule has 0 aliphatic heterocycles. The van der Waals surface area contributed by atoms with Gasteiger partial charge in [0.2, 0.25) is 0 Å². The topological polar surface area (TPSA) is 25.8 Å². The van der Waals surface area contributed by atoms with Gasteiger partial charge in [0.25, 0.3) is 0 Å². The monoisotopic (exact) mass is 450 g/mol. The Labute approximate surface area is 206 Å². The fourth-order valence-electron chi connectivity index (χ4n) is 4.98. The lowest BCUT2D eigenvalue weighted by atomic mass is 9.80. The fourth-order valence-corrected chi connectivity index (χ4v) is 4.98. The molecule has 2 nitrogen and oxygen atoms in total. The summed E-state index contributed by atoms with van der Waals surface area (Å²) >= 11 is 0. The van der Waals surface area contributed by atoms with Crippen molar-refractivity contribution in [2.75, 3.05) is 0 Å². The molecule has 0 radical (unpaired) electrons. The molecule has 0 atom stereocenters. The van der Waals surface area contributed by atoms with Crippen LogP contribution in [-0.2, 0) is 5.41 Å². The lowest BCUT2D eigenvalue weighted by Gasteiger charge is -2.28. The molecular weight excluding hydrogens is 424 g/mol. The van der Waals surface area contributed by atoms with Gasteiger partial charge in [0, 0.05) is 21.9 Å². The number of rotatable bonds is 4. The molecule has 2 heteroatoms. The molecule has 6 aromatic rings. The van der Waals surface area contributed by atoms with Crippen LogP contribution in [0.1, 0.15) is 25.2 Å². The normalized spacial score (nSPS) is 11.7. The van der Waals surface area contributed by atoms with Crippen LogP contribution in [0.15, 0.2) is 121 Å². The maximum atomic E-state index is 5.29. The van der Waals surface area contributed by atoms with Crippen LogP contribution in [0.4, 0.5) is 0 Å². The second-order valence-corrected chi connectivity index (χ2v) is 9.51. The van der Waals surface area contributed by atoms with Crippen LogP contribution >= 0.6 is 0 Å². The van der Waals surface area contributed by atoms with Crippen molar-refractivity contribution in [1.82, 2.24) is 9.97 Å². The molecular formula is C33H26N2. The molecule has 6 rings (SSSR count). The highest BCUT2D eigenvalue weighted by molar-refractivity contribution is 5.92. The van der Waals surface area contributed by atoms with E-state index < -0.39 is 5.41 Å². The molecule has 0 unspecified atom stereocenters. The van der Waals surface area contributed by atoms with Crippen LogP contribution < -0.4 is 0 Å². The zero-order valence-electron chi connectivity index (χ0n) is 19.9. The van der Waals surface area contributed by atoms with E-state index in [0.29, 0.717) is 0 Å². The molecule has 0 bridgehead atoms. The minimum absolute atomic E-state index is 0.436. The van der Waals surface area contributed by atoms with Gasteiger partial charge in [-0.25, -0.2) is 0 Å². The van der Waals surface area contributed by atoms with Crippen LogP contribution in [0.25, 0.3) is 44.1 Å². The first-order valence-electron chi connectivity index (χ1n) is 12.0. The van der Waals surface area contributed by atoms with E-state index in [2.05, 4.69) is 123 Å². The number of nitrogens with zero attached hydrogens (tertiary/aromatic N) is 2. The standard InChI is InChI=1S/C33H26N2/c1-33(2,31-27-19-11-9-17-25(27)21-29(34-31)23-13-5-3-6-14-23)32-28-20-12-10-18-26(28)22-30(35-32)24-15-7-4-8-16-24/h3-22H,1-2H3. The highest BCUT2D eigenvalue weighted by Crippen LogP contribution is 2.40.